The normalized spacial score (nSPS) is 22.6. The number of hydrogen-bond donors (Lipinski definition) is 2. The van der Waals surface area contributed by atoms with Crippen molar-refractivity contribution < 1.29 is 24.6 Å². The molecular formula is C22H36O5. The lowest BCUT2D eigenvalue weighted by molar-refractivity contribution is -0.137. The molecule has 5 heteroatoms. The Bertz CT molecular complexity index is 497. The van der Waals surface area contributed by atoms with Gasteiger partial charge in [0.1, 0.15) is 11.6 Å². The van der Waals surface area contributed by atoms with E-state index in [0.717, 1.165) is 12.8 Å². The number of rotatable bonds is 15. The Kier molecular flexibility index (Phi) is 11.9. The third-order valence-corrected chi connectivity index (χ3v) is 5.47. The van der Waals surface area contributed by atoms with Crippen molar-refractivity contribution in [3.8, 4) is 0 Å². The highest BCUT2D eigenvalue weighted by molar-refractivity contribution is 5.84. The van der Waals surface area contributed by atoms with E-state index in [4.69, 9.17) is 5.11 Å². The molecule has 1 fully saturated rings. The summed E-state index contributed by atoms with van der Waals surface area (Å²) in [5, 5.41) is 18.8. The molecule has 1 aliphatic carbocycles. The molecule has 0 aliphatic heterocycles. The van der Waals surface area contributed by atoms with Crippen LogP contribution in [0.25, 0.3) is 0 Å². The van der Waals surface area contributed by atoms with Crippen LogP contribution in [0.2, 0.25) is 0 Å². The number of Topliss-reactive ketones (excluding diaryl/α,β-unsaturated/α-hetero) is 2. The standard InChI is InChI=1S/C22H36O5/c1-2-3-4-5-8-11-17(23)14-15-19-18(20(24)16-21(19)25)12-9-6-7-10-13-22(26)27/h6,9,18-19,21,25H,2-5,7-8,10-16H2,1H3,(H,26,27)/t18-,19-,21-/m1/s1. The Balaban J connectivity index is 2.33. The smallest absolute Gasteiger partial charge is 0.303 e. The number of aliphatic hydroxyl groups is 1. The zero-order chi connectivity index (χ0) is 20.1. The molecule has 0 spiro atoms. The molecule has 0 aromatic carbocycles. The van der Waals surface area contributed by atoms with Crippen molar-refractivity contribution in [2.75, 3.05) is 0 Å². The molecule has 3 atom stereocenters. The second-order valence-corrected chi connectivity index (χ2v) is 7.74. The number of hydrogen-bond acceptors (Lipinski definition) is 4. The highest BCUT2D eigenvalue weighted by atomic mass is 16.4. The SMILES string of the molecule is CCCCCCCC(=O)CC[C@H]1[C@H](O)CC(=O)[C@@H]1CC=CCCCC(=O)O. The summed E-state index contributed by atoms with van der Waals surface area (Å²) in [5.74, 6) is -0.832. The maximum Gasteiger partial charge on any atom is 0.303 e. The molecule has 0 unspecified atom stereocenters. The molecule has 27 heavy (non-hydrogen) atoms. The first-order valence-electron chi connectivity index (χ1n) is 10.5. The van der Waals surface area contributed by atoms with E-state index in [1.165, 1.54) is 19.3 Å². The zero-order valence-corrected chi connectivity index (χ0v) is 16.7. The van der Waals surface area contributed by atoms with E-state index < -0.39 is 12.1 Å². The fourth-order valence-corrected chi connectivity index (χ4v) is 3.83. The predicted molar refractivity (Wildman–Crippen MR) is 105 cm³/mol. The number of allylic oxidation sites excluding steroid dienone is 2. The second kappa shape index (κ2) is 13.6. The van der Waals surface area contributed by atoms with E-state index in [2.05, 4.69) is 6.92 Å². The third kappa shape index (κ3) is 9.85. The summed E-state index contributed by atoms with van der Waals surface area (Å²) in [6.45, 7) is 2.17. The van der Waals surface area contributed by atoms with Crippen LogP contribution in [0.4, 0.5) is 0 Å². The second-order valence-electron chi connectivity index (χ2n) is 7.74. The number of aliphatic hydroxyl groups excluding tert-OH is 1. The van der Waals surface area contributed by atoms with Crippen molar-refractivity contribution in [1.82, 2.24) is 0 Å². The van der Waals surface area contributed by atoms with Crippen LogP contribution in [-0.4, -0.2) is 33.9 Å². The first-order chi connectivity index (χ1) is 13.0. The third-order valence-electron chi connectivity index (χ3n) is 5.47. The summed E-state index contributed by atoms with van der Waals surface area (Å²) in [6, 6.07) is 0. The average molecular weight is 381 g/mol. The number of ketones is 2. The van der Waals surface area contributed by atoms with Crippen molar-refractivity contribution in [3.05, 3.63) is 12.2 Å². The van der Waals surface area contributed by atoms with Crippen molar-refractivity contribution in [2.24, 2.45) is 11.8 Å². The summed E-state index contributed by atoms with van der Waals surface area (Å²) < 4.78 is 0. The molecule has 0 aromatic rings. The maximum absolute atomic E-state index is 12.2. The average Bonchev–Trinajstić information content (AvgIpc) is 2.88. The Labute approximate surface area is 163 Å². The molecule has 154 valence electrons. The minimum Gasteiger partial charge on any atom is -0.481 e. The molecule has 1 saturated carbocycles. The van der Waals surface area contributed by atoms with Crippen molar-refractivity contribution in [2.45, 2.75) is 96.5 Å². The van der Waals surface area contributed by atoms with Crippen LogP contribution in [0.5, 0.6) is 0 Å². The zero-order valence-electron chi connectivity index (χ0n) is 16.7. The minimum atomic E-state index is -0.799. The van der Waals surface area contributed by atoms with Crippen LogP contribution in [-0.2, 0) is 14.4 Å². The quantitative estimate of drug-likeness (QED) is 0.323. The molecular weight excluding hydrogens is 344 g/mol. The number of aliphatic carboxylic acids is 1. The van der Waals surface area contributed by atoms with Gasteiger partial charge in [0.25, 0.3) is 0 Å². The summed E-state index contributed by atoms with van der Waals surface area (Å²) >= 11 is 0. The summed E-state index contributed by atoms with van der Waals surface area (Å²) in [7, 11) is 0. The summed E-state index contributed by atoms with van der Waals surface area (Å²) in [6.07, 6.45) is 12.6. The lowest BCUT2D eigenvalue weighted by Gasteiger charge is -2.19. The number of carbonyl (C=O) groups excluding carboxylic acids is 2. The van der Waals surface area contributed by atoms with Crippen molar-refractivity contribution in [1.29, 1.82) is 0 Å². The van der Waals surface area contributed by atoms with E-state index in [1.54, 1.807) is 0 Å². The van der Waals surface area contributed by atoms with Crippen LogP contribution in [0.1, 0.15) is 90.4 Å². The van der Waals surface area contributed by atoms with Crippen LogP contribution in [0.3, 0.4) is 0 Å². The fourth-order valence-electron chi connectivity index (χ4n) is 3.83. The van der Waals surface area contributed by atoms with Gasteiger partial charge in [0.2, 0.25) is 0 Å². The molecule has 0 heterocycles. The molecule has 0 saturated heterocycles. The van der Waals surface area contributed by atoms with Gasteiger partial charge in [0.05, 0.1) is 6.10 Å². The van der Waals surface area contributed by atoms with E-state index in [9.17, 15) is 19.5 Å². The van der Waals surface area contributed by atoms with Gasteiger partial charge in [-0.3, -0.25) is 14.4 Å². The maximum atomic E-state index is 12.2. The number of unbranched alkanes of at least 4 members (excludes halogenated alkanes) is 5. The van der Waals surface area contributed by atoms with Gasteiger partial charge in [-0.2, -0.15) is 0 Å². The van der Waals surface area contributed by atoms with Gasteiger partial charge in [0.15, 0.2) is 0 Å². The van der Waals surface area contributed by atoms with Crippen LogP contribution >= 0.6 is 0 Å². The van der Waals surface area contributed by atoms with Gasteiger partial charge in [-0.05, 0) is 38.0 Å². The molecule has 2 N–H and O–H groups in total. The lowest BCUT2D eigenvalue weighted by atomic mass is 9.86. The summed E-state index contributed by atoms with van der Waals surface area (Å²) in [4.78, 5) is 34.7. The number of carboxylic acid groups (broad SMARTS) is 1. The van der Waals surface area contributed by atoms with Gasteiger partial charge in [-0.25, -0.2) is 0 Å². The van der Waals surface area contributed by atoms with Gasteiger partial charge in [-0.1, -0.05) is 44.8 Å². The van der Waals surface area contributed by atoms with Crippen LogP contribution in [0, 0.1) is 11.8 Å². The highest BCUT2D eigenvalue weighted by Gasteiger charge is 2.40. The van der Waals surface area contributed by atoms with E-state index in [0.29, 0.717) is 38.5 Å². The first kappa shape index (κ1) is 23.5. The van der Waals surface area contributed by atoms with E-state index in [-0.39, 0.29) is 36.2 Å². The van der Waals surface area contributed by atoms with Gasteiger partial charge in [0, 0.05) is 31.6 Å². The lowest BCUT2D eigenvalue weighted by Crippen LogP contribution is -2.21. The number of carboxylic acids is 1. The molecule has 0 bridgehead atoms. The Morgan fingerprint density at radius 2 is 1.78 bits per heavy atom. The molecule has 5 nitrogen and oxygen atoms in total. The Morgan fingerprint density at radius 1 is 1.04 bits per heavy atom. The largest absolute Gasteiger partial charge is 0.481 e. The minimum absolute atomic E-state index is 0.0784. The topological polar surface area (TPSA) is 91.7 Å². The van der Waals surface area contributed by atoms with E-state index in [1.807, 2.05) is 12.2 Å². The molecule has 0 aromatic heterocycles. The number of carbonyl (C=O) groups is 3. The molecule has 1 aliphatic rings. The van der Waals surface area contributed by atoms with Gasteiger partial charge >= 0.3 is 5.97 Å². The first-order valence-corrected chi connectivity index (χ1v) is 10.5. The van der Waals surface area contributed by atoms with Crippen LogP contribution < -0.4 is 0 Å². The fraction of sp³-hybridized carbons (Fsp3) is 0.773. The Hall–Kier alpha value is -1.49. The van der Waals surface area contributed by atoms with Crippen molar-refractivity contribution in [3.63, 3.8) is 0 Å². The van der Waals surface area contributed by atoms with Gasteiger partial charge in [-0.15, -0.1) is 0 Å². The molecule has 0 radical (unpaired) electrons. The van der Waals surface area contributed by atoms with Crippen molar-refractivity contribution >= 4 is 17.5 Å². The molecule has 1 rings (SSSR count). The molecule has 0 amide bonds. The van der Waals surface area contributed by atoms with Gasteiger partial charge < -0.3 is 10.2 Å². The predicted octanol–water partition coefficient (Wildman–Crippen LogP) is 4.46. The Morgan fingerprint density at radius 3 is 2.48 bits per heavy atom. The highest BCUT2D eigenvalue weighted by Crippen LogP contribution is 2.35. The summed E-state index contributed by atoms with van der Waals surface area (Å²) in [5.41, 5.74) is 0. The van der Waals surface area contributed by atoms with Crippen LogP contribution in [0.15, 0.2) is 12.2 Å². The van der Waals surface area contributed by atoms with E-state index >= 15 is 0 Å². The monoisotopic (exact) mass is 380 g/mol.